The Morgan fingerprint density at radius 2 is 1.74 bits per heavy atom. The van der Waals surface area contributed by atoms with Crippen LogP contribution < -0.4 is 5.32 Å². The average Bonchev–Trinajstić information content (AvgIpc) is 3.50. The van der Waals surface area contributed by atoms with E-state index in [0.29, 0.717) is 11.1 Å². The number of ketones is 2. The summed E-state index contributed by atoms with van der Waals surface area (Å²) in [6.07, 6.45) is 0.439. The van der Waals surface area contributed by atoms with Gasteiger partial charge in [0.2, 0.25) is 5.78 Å². The minimum absolute atomic E-state index is 0.00485. The van der Waals surface area contributed by atoms with Crippen LogP contribution in [0.15, 0.2) is 29.0 Å². The van der Waals surface area contributed by atoms with Crippen molar-refractivity contribution >= 4 is 29.2 Å². The zero-order chi connectivity index (χ0) is 34.0. The number of ether oxygens (including phenoxy) is 1. The maximum Gasteiger partial charge on any atom is 0.305 e. The highest BCUT2D eigenvalue weighted by molar-refractivity contribution is 6.25. The highest BCUT2D eigenvalue weighted by atomic mass is 16.5. The van der Waals surface area contributed by atoms with Gasteiger partial charge in [-0.3, -0.25) is 29.0 Å². The number of fused-ring (bicyclic) bond motifs is 3. The summed E-state index contributed by atoms with van der Waals surface area (Å²) in [6, 6.07) is 2.11. The molecule has 6 atom stereocenters. The van der Waals surface area contributed by atoms with E-state index in [1.165, 1.54) is 19.0 Å². The number of benzene rings is 1. The van der Waals surface area contributed by atoms with Gasteiger partial charge in [0.25, 0.3) is 5.91 Å². The number of carbonyl (C=O) groups is 4. The van der Waals surface area contributed by atoms with E-state index < -0.39 is 81.4 Å². The van der Waals surface area contributed by atoms with Gasteiger partial charge in [-0.1, -0.05) is 46.8 Å². The molecule has 0 unspecified atom stereocenters. The summed E-state index contributed by atoms with van der Waals surface area (Å²) >= 11 is 0. The molecule has 1 amide bonds. The van der Waals surface area contributed by atoms with E-state index in [1.54, 1.807) is 26.0 Å². The Bertz CT molecular complexity index is 1550. The Morgan fingerprint density at radius 3 is 2.30 bits per heavy atom. The van der Waals surface area contributed by atoms with Crippen molar-refractivity contribution in [1.82, 2.24) is 15.1 Å². The van der Waals surface area contributed by atoms with Crippen LogP contribution in [-0.2, 0) is 29.3 Å². The molecule has 12 nitrogen and oxygen atoms in total. The number of amides is 1. The molecule has 12 heteroatoms. The number of hydrogen-bond acceptors (Lipinski definition) is 11. The van der Waals surface area contributed by atoms with Gasteiger partial charge in [-0.05, 0) is 56.9 Å². The summed E-state index contributed by atoms with van der Waals surface area (Å²) in [5.41, 5.74) is -3.60. The third-order valence-electron chi connectivity index (χ3n) is 10.1. The van der Waals surface area contributed by atoms with E-state index in [4.69, 9.17) is 4.74 Å². The van der Waals surface area contributed by atoms with E-state index in [9.17, 15) is 39.6 Å². The van der Waals surface area contributed by atoms with Crippen molar-refractivity contribution < 1.29 is 44.3 Å². The molecular weight excluding hydrogens is 594 g/mol. The second-order valence-electron chi connectivity index (χ2n) is 14.2. The summed E-state index contributed by atoms with van der Waals surface area (Å²) in [6.45, 7) is 10.5. The van der Waals surface area contributed by atoms with Gasteiger partial charge in [0, 0.05) is 23.5 Å². The Hall–Kier alpha value is -3.74. The number of hydrogen-bond donors (Lipinski definition) is 5. The zero-order valence-electron chi connectivity index (χ0n) is 27.5. The molecule has 1 heterocycles. The molecule has 0 bridgehead atoms. The number of phenols is 1. The first-order chi connectivity index (χ1) is 21.5. The Balaban J connectivity index is 1.76. The summed E-state index contributed by atoms with van der Waals surface area (Å²) in [4.78, 5) is 58.6. The van der Waals surface area contributed by atoms with Gasteiger partial charge < -0.3 is 30.5 Å². The second kappa shape index (κ2) is 11.8. The van der Waals surface area contributed by atoms with E-state index in [-0.39, 0.29) is 30.0 Å². The van der Waals surface area contributed by atoms with Crippen molar-refractivity contribution in [1.29, 1.82) is 0 Å². The monoisotopic (exact) mass is 639 g/mol. The van der Waals surface area contributed by atoms with Crippen LogP contribution in [0.2, 0.25) is 0 Å². The molecule has 3 aliphatic carbocycles. The lowest BCUT2D eigenvalue weighted by atomic mass is 9.54. The van der Waals surface area contributed by atoms with E-state index >= 15 is 0 Å². The van der Waals surface area contributed by atoms with Gasteiger partial charge in [-0.2, -0.15) is 0 Å². The van der Waals surface area contributed by atoms with E-state index in [1.807, 2.05) is 25.7 Å². The van der Waals surface area contributed by atoms with Gasteiger partial charge in [-0.15, -0.1) is 0 Å². The topological polar surface area (TPSA) is 177 Å². The number of rotatable bonds is 6. The molecule has 0 radical (unpaired) electrons. The molecule has 46 heavy (non-hydrogen) atoms. The maximum atomic E-state index is 14.6. The third-order valence-corrected chi connectivity index (χ3v) is 10.1. The van der Waals surface area contributed by atoms with E-state index in [2.05, 4.69) is 5.32 Å². The lowest BCUT2D eigenvalue weighted by Crippen LogP contribution is -2.71. The van der Waals surface area contributed by atoms with Crippen LogP contribution in [0.4, 0.5) is 0 Å². The minimum atomic E-state index is -2.93. The number of carbonyl (C=O) groups excluding carboxylic acids is 4. The molecule has 0 aromatic heterocycles. The molecular formula is C34H45N3O9. The highest BCUT2D eigenvalue weighted by Gasteiger charge is 2.69. The molecule has 1 saturated carbocycles. The van der Waals surface area contributed by atoms with Gasteiger partial charge in [0.1, 0.15) is 28.9 Å². The largest absolute Gasteiger partial charge is 0.508 e. The average molecular weight is 640 g/mol. The standard InChI is InChI=1S/C34H45N3O9/c1-8-19(38)46-29-20-16(2)17-11-12-18(33(3,4)5)26(39)21(17)27(40)22(20)30(42)34(45)24(29)25(36(6)7)28(41)23(31(34)43)32(44)35-15-37-13-9-10-14-37/h11-12,16,20,24-25,29,39-40,43,45H,8-10,13-15H2,1-7H3,(H,35,44)/t16-,20+,24+,25-,29-,34-/m1/s1. The normalized spacial score (nSPS) is 29.9. The Morgan fingerprint density at radius 1 is 1.11 bits per heavy atom. The van der Waals surface area contributed by atoms with Crippen LogP contribution in [0.1, 0.15) is 76.5 Å². The molecule has 1 aromatic rings. The molecule has 2 fully saturated rings. The summed E-state index contributed by atoms with van der Waals surface area (Å²) in [5, 5.41) is 50.0. The predicted octanol–water partition coefficient (Wildman–Crippen LogP) is 2.44. The number of aliphatic hydroxyl groups excluding tert-OH is 2. The highest BCUT2D eigenvalue weighted by Crippen LogP contribution is 2.57. The maximum absolute atomic E-state index is 14.6. The van der Waals surface area contributed by atoms with Gasteiger partial charge in [0.15, 0.2) is 11.4 Å². The number of esters is 1. The SMILES string of the molecule is CCC(=O)O[C@@H]1[C@@H]2C(=C(O)c3c(ccc(C(C)(C)C)c3O)[C@H]2C)C(=O)[C@@]2(O)C(O)=C(C(=O)NCN3CCCC3)C(=O)[C@H](N(C)C)[C@@H]12. The van der Waals surface area contributed by atoms with Crippen molar-refractivity contribution in [3.05, 3.63) is 45.7 Å². The van der Waals surface area contributed by atoms with Crippen molar-refractivity contribution in [2.24, 2.45) is 11.8 Å². The molecule has 5 N–H and O–H groups in total. The first kappa shape index (κ1) is 33.6. The van der Waals surface area contributed by atoms with E-state index in [0.717, 1.165) is 25.9 Å². The fraction of sp³-hybridized carbons (Fsp3) is 0.588. The predicted molar refractivity (Wildman–Crippen MR) is 168 cm³/mol. The minimum Gasteiger partial charge on any atom is -0.508 e. The molecule has 5 rings (SSSR count). The first-order valence-electron chi connectivity index (χ1n) is 15.9. The summed E-state index contributed by atoms with van der Waals surface area (Å²) < 4.78 is 5.94. The summed E-state index contributed by atoms with van der Waals surface area (Å²) in [5.74, 6) is -8.90. The van der Waals surface area contributed by atoms with Crippen LogP contribution >= 0.6 is 0 Å². The lowest BCUT2D eigenvalue weighted by molar-refractivity contribution is -0.185. The second-order valence-corrected chi connectivity index (χ2v) is 14.2. The number of likely N-dealkylation sites (N-methyl/N-ethyl adjacent to an activating group) is 1. The fourth-order valence-electron chi connectivity index (χ4n) is 7.76. The van der Waals surface area contributed by atoms with Crippen LogP contribution in [0.3, 0.4) is 0 Å². The number of phenolic OH excluding ortho intramolecular Hbond substituents is 1. The van der Waals surface area contributed by atoms with Crippen LogP contribution in [-0.4, -0.2) is 105 Å². The van der Waals surface area contributed by atoms with Crippen molar-refractivity contribution in [3.8, 4) is 5.75 Å². The molecule has 1 aliphatic heterocycles. The molecule has 0 spiro atoms. The summed E-state index contributed by atoms with van der Waals surface area (Å²) in [7, 11) is 3.06. The quantitative estimate of drug-likeness (QED) is 0.228. The number of aromatic hydroxyl groups is 1. The molecule has 1 saturated heterocycles. The van der Waals surface area contributed by atoms with Crippen LogP contribution in [0.25, 0.3) is 5.76 Å². The lowest BCUT2D eigenvalue weighted by Gasteiger charge is -2.54. The molecule has 4 aliphatic rings. The number of Topliss-reactive ketones (excluding diaryl/α,β-unsaturated/α-hetero) is 2. The molecule has 250 valence electrons. The number of likely N-dealkylation sites (tertiary alicyclic amines) is 1. The number of aliphatic hydroxyl groups is 3. The van der Waals surface area contributed by atoms with Gasteiger partial charge in [-0.25, -0.2) is 0 Å². The number of nitrogens with one attached hydrogen (secondary N) is 1. The Kier molecular flexibility index (Phi) is 8.63. The van der Waals surface area contributed by atoms with Crippen molar-refractivity contribution in [2.75, 3.05) is 33.9 Å². The smallest absolute Gasteiger partial charge is 0.305 e. The molecule has 1 aromatic carbocycles. The van der Waals surface area contributed by atoms with Gasteiger partial charge >= 0.3 is 5.97 Å². The zero-order valence-corrected chi connectivity index (χ0v) is 27.5. The third kappa shape index (κ3) is 5.01. The van der Waals surface area contributed by atoms with Crippen LogP contribution in [0, 0.1) is 11.8 Å². The Labute approximate surface area is 268 Å². The van der Waals surface area contributed by atoms with Crippen LogP contribution in [0.5, 0.6) is 5.75 Å². The first-order valence-corrected chi connectivity index (χ1v) is 15.9. The van der Waals surface area contributed by atoms with Crippen molar-refractivity contribution in [2.45, 2.75) is 83.0 Å². The fourth-order valence-corrected chi connectivity index (χ4v) is 7.76. The number of nitrogens with zero attached hydrogens (tertiary/aromatic N) is 2. The van der Waals surface area contributed by atoms with Gasteiger partial charge in [0.05, 0.1) is 24.2 Å². The van der Waals surface area contributed by atoms with Crippen molar-refractivity contribution in [3.63, 3.8) is 0 Å².